The second-order valence-corrected chi connectivity index (χ2v) is 6.34. The number of H-pyrrole nitrogens is 1. The first-order chi connectivity index (χ1) is 12.3. The number of nitrogens with one attached hydrogen (secondary N) is 2. The molecule has 2 rings (SSSR count). The maximum atomic E-state index is 12.7. The fourth-order valence-electron chi connectivity index (χ4n) is 3.13. The Kier molecular flexibility index (Phi) is 6.33. The van der Waals surface area contributed by atoms with Crippen molar-refractivity contribution in [3.05, 3.63) is 58.4 Å². The predicted octanol–water partition coefficient (Wildman–Crippen LogP) is 2.90. The van der Waals surface area contributed by atoms with Gasteiger partial charge < -0.3 is 15.4 Å². The number of amides is 1. The summed E-state index contributed by atoms with van der Waals surface area (Å²) in [5.41, 5.74) is 2.89. The van der Waals surface area contributed by atoms with Gasteiger partial charge in [-0.05, 0) is 31.4 Å². The minimum absolute atomic E-state index is 0.111. The third-order valence-electron chi connectivity index (χ3n) is 4.26. The molecule has 1 unspecified atom stereocenters. The Balaban J connectivity index is 2.28. The molecule has 1 amide bonds. The van der Waals surface area contributed by atoms with Crippen molar-refractivity contribution in [2.75, 3.05) is 0 Å². The van der Waals surface area contributed by atoms with E-state index in [1.807, 2.05) is 37.3 Å². The molecule has 0 radical (unpaired) electrons. The highest BCUT2D eigenvalue weighted by Gasteiger charge is 2.26. The smallest absolute Gasteiger partial charge is 0.326 e. The number of hydrogen-bond acceptors (Lipinski definition) is 3. The first kappa shape index (κ1) is 19.4. The average molecular weight is 356 g/mol. The molecule has 0 saturated carbocycles. The van der Waals surface area contributed by atoms with Crippen LogP contribution in [0.3, 0.4) is 0 Å². The molecule has 0 fully saturated rings. The number of aryl methyl sites for hydroxylation is 1. The average Bonchev–Trinajstić information content (AvgIpc) is 2.92. The van der Waals surface area contributed by atoms with Gasteiger partial charge in [0.05, 0.1) is 0 Å². The number of carboxylic acids is 1. The molecule has 6 nitrogen and oxygen atoms in total. The van der Waals surface area contributed by atoms with Gasteiger partial charge >= 0.3 is 5.97 Å². The molecule has 3 N–H and O–H groups in total. The Morgan fingerprint density at radius 1 is 1.19 bits per heavy atom. The fraction of sp³-hybridized carbons (Fsp3) is 0.350. The molecule has 26 heavy (non-hydrogen) atoms. The molecule has 0 aliphatic carbocycles. The molecule has 6 heteroatoms. The Labute approximate surface area is 152 Å². The highest BCUT2D eigenvalue weighted by molar-refractivity contribution is 6.03. The molecule has 0 saturated heterocycles. The number of ketones is 1. The number of carbonyl (C=O) groups excluding carboxylic acids is 2. The molecule has 1 atom stereocenters. The van der Waals surface area contributed by atoms with Crippen LogP contribution < -0.4 is 5.32 Å². The van der Waals surface area contributed by atoms with E-state index in [-0.39, 0.29) is 17.9 Å². The summed E-state index contributed by atoms with van der Waals surface area (Å²) in [4.78, 5) is 39.2. The van der Waals surface area contributed by atoms with Gasteiger partial charge in [0, 0.05) is 17.7 Å². The van der Waals surface area contributed by atoms with Crippen LogP contribution >= 0.6 is 0 Å². The van der Waals surface area contributed by atoms with Crippen molar-refractivity contribution in [2.45, 2.75) is 46.1 Å². The van der Waals surface area contributed by atoms with Crippen molar-refractivity contribution in [1.29, 1.82) is 0 Å². The number of benzene rings is 1. The highest BCUT2D eigenvalue weighted by atomic mass is 16.4. The summed E-state index contributed by atoms with van der Waals surface area (Å²) in [6.45, 7) is 5.17. The Morgan fingerprint density at radius 3 is 2.38 bits per heavy atom. The van der Waals surface area contributed by atoms with Crippen molar-refractivity contribution >= 4 is 17.7 Å². The number of rotatable bonds is 8. The number of aliphatic carboxylic acids is 1. The molecule has 0 spiro atoms. The lowest BCUT2D eigenvalue weighted by Gasteiger charge is -2.15. The standard InChI is InChI=1S/C20H24N2O4/c1-4-8-15-17(13(3)23)12(2)21-18(15)19(24)22-16(20(25)26)11-14-9-6-5-7-10-14/h5-7,9-10,16,21H,4,8,11H2,1-3H3,(H,22,24)(H,25,26). The van der Waals surface area contributed by atoms with Gasteiger partial charge in [-0.25, -0.2) is 4.79 Å². The first-order valence-corrected chi connectivity index (χ1v) is 8.65. The van der Waals surface area contributed by atoms with Crippen molar-refractivity contribution in [3.8, 4) is 0 Å². The van der Waals surface area contributed by atoms with E-state index in [1.54, 1.807) is 6.92 Å². The van der Waals surface area contributed by atoms with Gasteiger partial charge in [0.15, 0.2) is 5.78 Å². The van der Waals surface area contributed by atoms with Crippen molar-refractivity contribution in [1.82, 2.24) is 10.3 Å². The summed E-state index contributed by atoms with van der Waals surface area (Å²) < 4.78 is 0. The zero-order valence-electron chi connectivity index (χ0n) is 15.3. The normalized spacial score (nSPS) is 11.8. The predicted molar refractivity (Wildman–Crippen MR) is 98.6 cm³/mol. The molecule has 0 aliphatic heterocycles. The van der Waals surface area contributed by atoms with E-state index >= 15 is 0 Å². The van der Waals surface area contributed by atoms with E-state index in [4.69, 9.17) is 0 Å². The van der Waals surface area contributed by atoms with Gasteiger partial charge in [-0.1, -0.05) is 43.7 Å². The second-order valence-electron chi connectivity index (χ2n) is 6.34. The molecule has 1 heterocycles. The Hall–Kier alpha value is -2.89. The maximum absolute atomic E-state index is 12.7. The lowest BCUT2D eigenvalue weighted by atomic mass is 10.0. The third kappa shape index (κ3) is 4.39. The molecule has 138 valence electrons. The number of aromatic amines is 1. The van der Waals surface area contributed by atoms with Crippen LogP contribution in [-0.4, -0.2) is 33.8 Å². The van der Waals surface area contributed by atoms with E-state index < -0.39 is 17.9 Å². The lowest BCUT2D eigenvalue weighted by molar-refractivity contribution is -0.139. The van der Waals surface area contributed by atoms with Crippen LogP contribution in [0.25, 0.3) is 0 Å². The number of carboxylic acid groups (broad SMARTS) is 1. The molecule has 2 aromatic rings. The minimum atomic E-state index is -1.10. The summed E-state index contributed by atoms with van der Waals surface area (Å²) in [5.74, 6) is -1.72. The van der Waals surface area contributed by atoms with Gasteiger partial charge in [-0.2, -0.15) is 0 Å². The monoisotopic (exact) mass is 356 g/mol. The SMILES string of the molecule is CCCc1c(C(=O)NC(Cc2ccccc2)C(=O)O)[nH]c(C)c1C(C)=O. The topological polar surface area (TPSA) is 99.3 Å². The quantitative estimate of drug-likeness (QED) is 0.633. The fourth-order valence-corrected chi connectivity index (χ4v) is 3.13. The molecular formula is C20H24N2O4. The minimum Gasteiger partial charge on any atom is -0.480 e. The highest BCUT2D eigenvalue weighted by Crippen LogP contribution is 2.21. The van der Waals surface area contributed by atoms with Crippen molar-refractivity contribution < 1.29 is 19.5 Å². The lowest BCUT2D eigenvalue weighted by Crippen LogP contribution is -2.42. The number of hydrogen-bond donors (Lipinski definition) is 3. The summed E-state index contributed by atoms with van der Waals surface area (Å²) in [7, 11) is 0. The van der Waals surface area contributed by atoms with E-state index in [0.717, 1.165) is 12.0 Å². The van der Waals surface area contributed by atoms with Crippen molar-refractivity contribution in [2.24, 2.45) is 0 Å². The van der Waals surface area contributed by atoms with Crippen LogP contribution in [0.5, 0.6) is 0 Å². The molecule has 1 aromatic carbocycles. The van der Waals surface area contributed by atoms with Gasteiger partial charge in [-0.3, -0.25) is 9.59 Å². The van der Waals surface area contributed by atoms with Gasteiger partial charge in [0.25, 0.3) is 5.91 Å². The maximum Gasteiger partial charge on any atom is 0.326 e. The summed E-state index contributed by atoms with van der Waals surface area (Å²) in [6.07, 6.45) is 1.52. The second kappa shape index (κ2) is 8.47. The van der Waals surface area contributed by atoms with Crippen LogP contribution in [0, 0.1) is 6.92 Å². The van der Waals surface area contributed by atoms with Crippen LogP contribution in [0.4, 0.5) is 0 Å². The summed E-state index contributed by atoms with van der Waals surface area (Å²) >= 11 is 0. The van der Waals surface area contributed by atoms with Crippen LogP contribution in [0.1, 0.15) is 57.9 Å². The van der Waals surface area contributed by atoms with Crippen LogP contribution in [0.15, 0.2) is 30.3 Å². The van der Waals surface area contributed by atoms with E-state index in [2.05, 4.69) is 10.3 Å². The van der Waals surface area contributed by atoms with E-state index in [1.165, 1.54) is 6.92 Å². The van der Waals surface area contributed by atoms with E-state index in [9.17, 15) is 19.5 Å². The van der Waals surface area contributed by atoms with Gasteiger partial charge in [0.1, 0.15) is 11.7 Å². The Morgan fingerprint density at radius 2 is 1.85 bits per heavy atom. The number of aromatic nitrogens is 1. The number of carbonyl (C=O) groups is 3. The zero-order chi connectivity index (χ0) is 19.3. The molecule has 1 aromatic heterocycles. The van der Waals surface area contributed by atoms with Crippen molar-refractivity contribution in [3.63, 3.8) is 0 Å². The molecule has 0 aliphatic rings. The zero-order valence-corrected chi connectivity index (χ0v) is 15.3. The number of Topliss-reactive ketones (excluding diaryl/α,β-unsaturated/α-hetero) is 1. The Bertz CT molecular complexity index is 809. The summed E-state index contributed by atoms with van der Waals surface area (Å²) in [5, 5.41) is 12.1. The molecular weight excluding hydrogens is 332 g/mol. The van der Waals surface area contributed by atoms with Gasteiger partial charge in [-0.15, -0.1) is 0 Å². The largest absolute Gasteiger partial charge is 0.480 e. The van der Waals surface area contributed by atoms with Crippen LogP contribution in [0.2, 0.25) is 0 Å². The third-order valence-corrected chi connectivity index (χ3v) is 4.26. The van der Waals surface area contributed by atoms with Gasteiger partial charge in [0.2, 0.25) is 0 Å². The summed E-state index contributed by atoms with van der Waals surface area (Å²) in [6, 6.07) is 8.07. The van der Waals surface area contributed by atoms with E-state index in [0.29, 0.717) is 23.2 Å². The first-order valence-electron chi connectivity index (χ1n) is 8.65. The van der Waals surface area contributed by atoms with Crippen LogP contribution in [-0.2, 0) is 17.6 Å². The molecule has 0 bridgehead atoms.